The lowest BCUT2D eigenvalue weighted by Gasteiger charge is -2.19. The van der Waals surface area contributed by atoms with Crippen molar-refractivity contribution in [3.63, 3.8) is 0 Å². The van der Waals surface area contributed by atoms with Gasteiger partial charge in [-0.1, -0.05) is 67.3 Å². The van der Waals surface area contributed by atoms with Crippen LogP contribution in [0, 0.1) is 0 Å². The quantitative estimate of drug-likeness (QED) is 0.272. The Bertz CT molecular complexity index is 987. The molecule has 0 amide bonds. The Morgan fingerprint density at radius 2 is 1.65 bits per heavy atom. The average Bonchev–Trinajstić information content (AvgIpc) is 2.80. The molecular weight excluding hydrogens is 494 g/mol. The third-order valence-electron chi connectivity index (χ3n) is 4.23. The number of aryl methyl sites for hydroxylation is 1. The van der Waals surface area contributed by atoms with E-state index in [1.165, 1.54) is 6.92 Å². The molecule has 2 rings (SSSR count). The molecule has 182 valence electrons. The van der Waals surface area contributed by atoms with Crippen LogP contribution in [0.1, 0.15) is 57.7 Å². The molecule has 0 saturated carbocycles. The maximum atomic E-state index is 11.7. The van der Waals surface area contributed by atoms with Crippen molar-refractivity contribution < 1.29 is 19.1 Å². The standard InChI is InChI=1S/C19H24BrNO2.C9H10O2/c1-6-17(20)13-21-14(2)16-10-7-15(8-11-16)9-12-18(22)23-19(3,4)5;1-8(10)11-7-9-5-3-2-4-6-9/h6-8,10-11,13H,2,9,12H2,1,3-5H3;2-6H,7H2,1H3/b17-6+,21-13?;. The van der Waals surface area contributed by atoms with Crippen LogP contribution in [0.25, 0.3) is 5.70 Å². The highest BCUT2D eigenvalue weighted by Crippen LogP contribution is 2.17. The zero-order valence-electron chi connectivity index (χ0n) is 20.6. The van der Waals surface area contributed by atoms with Crippen LogP contribution in [0.2, 0.25) is 0 Å². The molecule has 6 heteroatoms. The SMILES string of the molecule is C=C(N=C/C(Br)=C\C)c1ccc(CCC(=O)OC(C)(C)C)cc1.CC(=O)OCc1ccccc1. The van der Waals surface area contributed by atoms with Gasteiger partial charge in [-0.05, 0) is 66.7 Å². The number of aliphatic imine (C=N–C) groups is 1. The van der Waals surface area contributed by atoms with Crippen LogP contribution >= 0.6 is 15.9 Å². The van der Waals surface area contributed by atoms with E-state index in [1.54, 1.807) is 6.21 Å². The largest absolute Gasteiger partial charge is 0.461 e. The third-order valence-corrected chi connectivity index (χ3v) is 4.89. The lowest BCUT2D eigenvalue weighted by molar-refractivity contribution is -0.154. The molecule has 34 heavy (non-hydrogen) atoms. The van der Waals surface area contributed by atoms with Gasteiger partial charge in [0.25, 0.3) is 0 Å². The number of halogens is 1. The number of benzene rings is 2. The second-order valence-corrected chi connectivity index (χ2v) is 9.34. The molecule has 0 heterocycles. The Labute approximate surface area is 211 Å². The van der Waals surface area contributed by atoms with E-state index in [0.717, 1.165) is 21.2 Å². The highest BCUT2D eigenvalue weighted by atomic mass is 79.9. The summed E-state index contributed by atoms with van der Waals surface area (Å²) in [5.74, 6) is -0.416. The van der Waals surface area contributed by atoms with Crippen molar-refractivity contribution >= 4 is 39.8 Å². The molecule has 0 N–H and O–H groups in total. The first-order valence-corrected chi connectivity index (χ1v) is 11.8. The molecule has 0 unspecified atom stereocenters. The smallest absolute Gasteiger partial charge is 0.306 e. The normalized spacial score (nSPS) is 11.4. The monoisotopic (exact) mass is 527 g/mol. The average molecular weight is 528 g/mol. The van der Waals surface area contributed by atoms with Gasteiger partial charge < -0.3 is 9.47 Å². The summed E-state index contributed by atoms with van der Waals surface area (Å²) in [5.41, 5.74) is 3.33. The molecule has 0 aliphatic carbocycles. The van der Waals surface area contributed by atoms with Crippen molar-refractivity contribution in [1.29, 1.82) is 0 Å². The fraction of sp³-hybridized carbons (Fsp3) is 0.321. The maximum absolute atomic E-state index is 11.7. The van der Waals surface area contributed by atoms with Gasteiger partial charge in [-0.25, -0.2) is 0 Å². The third kappa shape index (κ3) is 13.5. The van der Waals surface area contributed by atoms with Crippen molar-refractivity contribution in [1.82, 2.24) is 0 Å². The number of allylic oxidation sites excluding steroid dienone is 2. The molecule has 5 nitrogen and oxygen atoms in total. The van der Waals surface area contributed by atoms with E-state index >= 15 is 0 Å². The summed E-state index contributed by atoms with van der Waals surface area (Å²) < 4.78 is 11.0. The predicted octanol–water partition coefficient (Wildman–Crippen LogP) is 7.05. The zero-order valence-corrected chi connectivity index (χ0v) is 22.2. The number of hydrogen-bond acceptors (Lipinski definition) is 5. The fourth-order valence-corrected chi connectivity index (χ4v) is 2.65. The molecule has 2 aromatic carbocycles. The maximum Gasteiger partial charge on any atom is 0.306 e. The van der Waals surface area contributed by atoms with E-state index in [0.29, 0.717) is 25.1 Å². The number of nitrogens with zero attached hydrogens (tertiary/aromatic N) is 1. The Kier molecular flexibility index (Phi) is 12.8. The van der Waals surface area contributed by atoms with Crippen LogP contribution in [0.4, 0.5) is 0 Å². The van der Waals surface area contributed by atoms with Crippen LogP contribution in [0.15, 0.2) is 76.7 Å². The van der Waals surface area contributed by atoms with Gasteiger partial charge in [0, 0.05) is 24.0 Å². The minimum Gasteiger partial charge on any atom is -0.461 e. The molecule has 0 bridgehead atoms. The molecule has 2 aromatic rings. The van der Waals surface area contributed by atoms with Crippen LogP contribution < -0.4 is 0 Å². The molecule has 0 radical (unpaired) electrons. The molecule has 0 aromatic heterocycles. The summed E-state index contributed by atoms with van der Waals surface area (Å²) in [6, 6.07) is 17.5. The Morgan fingerprint density at radius 1 is 1.03 bits per heavy atom. The van der Waals surface area contributed by atoms with E-state index in [1.807, 2.05) is 88.4 Å². The summed E-state index contributed by atoms with van der Waals surface area (Å²) in [7, 11) is 0. The number of ether oxygens (including phenoxy) is 2. The number of carbonyl (C=O) groups is 2. The fourth-order valence-electron chi connectivity index (χ4n) is 2.55. The van der Waals surface area contributed by atoms with Crippen molar-refractivity contribution in [2.45, 2.75) is 59.7 Å². The Morgan fingerprint density at radius 3 is 2.18 bits per heavy atom. The molecular formula is C28H34BrNO4. The minimum atomic E-state index is -0.433. The van der Waals surface area contributed by atoms with E-state index in [-0.39, 0.29) is 11.9 Å². The molecule has 0 aliphatic heterocycles. The Hall–Kier alpha value is -2.99. The van der Waals surface area contributed by atoms with Crippen molar-refractivity contribution in [3.05, 3.63) is 88.4 Å². The summed E-state index contributed by atoms with van der Waals surface area (Å²) in [6.07, 6.45) is 4.67. The van der Waals surface area contributed by atoms with Crippen molar-refractivity contribution in [3.8, 4) is 0 Å². The van der Waals surface area contributed by atoms with Gasteiger partial charge >= 0.3 is 11.9 Å². The number of hydrogen-bond donors (Lipinski definition) is 0. The predicted molar refractivity (Wildman–Crippen MR) is 143 cm³/mol. The van der Waals surface area contributed by atoms with Crippen LogP contribution in [-0.4, -0.2) is 23.8 Å². The molecule has 0 aliphatic rings. The first kappa shape index (κ1) is 29.0. The van der Waals surface area contributed by atoms with E-state index in [2.05, 4.69) is 27.5 Å². The van der Waals surface area contributed by atoms with Crippen LogP contribution in [-0.2, 0) is 32.1 Å². The lowest BCUT2D eigenvalue weighted by Crippen LogP contribution is -2.23. The molecule has 0 atom stereocenters. The molecule has 0 spiro atoms. The van der Waals surface area contributed by atoms with Gasteiger partial charge in [0.15, 0.2) is 0 Å². The minimum absolute atomic E-state index is 0.174. The zero-order chi connectivity index (χ0) is 25.6. The van der Waals surface area contributed by atoms with E-state index < -0.39 is 5.60 Å². The first-order valence-electron chi connectivity index (χ1n) is 11.0. The second kappa shape index (κ2) is 15.0. The number of esters is 2. The first-order chi connectivity index (χ1) is 16.0. The summed E-state index contributed by atoms with van der Waals surface area (Å²) in [5, 5.41) is 0. The van der Waals surface area contributed by atoms with Gasteiger partial charge in [0.05, 0.1) is 5.70 Å². The topological polar surface area (TPSA) is 65.0 Å². The van der Waals surface area contributed by atoms with Gasteiger partial charge in [-0.3, -0.25) is 14.6 Å². The van der Waals surface area contributed by atoms with E-state index in [4.69, 9.17) is 9.47 Å². The number of rotatable bonds is 8. The highest BCUT2D eigenvalue weighted by Gasteiger charge is 2.15. The number of carbonyl (C=O) groups excluding carboxylic acids is 2. The van der Waals surface area contributed by atoms with Gasteiger partial charge in [0.1, 0.15) is 12.2 Å². The highest BCUT2D eigenvalue weighted by molar-refractivity contribution is 9.12. The van der Waals surface area contributed by atoms with Gasteiger partial charge in [-0.15, -0.1) is 0 Å². The second-order valence-electron chi connectivity index (χ2n) is 8.43. The lowest BCUT2D eigenvalue weighted by atomic mass is 10.1. The van der Waals surface area contributed by atoms with Gasteiger partial charge in [0.2, 0.25) is 0 Å². The van der Waals surface area contributed by atoms with E-state index in [9.17, 15) is 9.59 Å². The van der Waals surface area contributed by atoms with Gasteiger partial charge in [-0.2, -0.15) is 0 Å². The van der Waals surface area contributed by atoms with Crippen molar-refractivity contribution in [2.75, 3.05) is 0 Å². The van der Waals surface area contributed by atoms with Crippen molar-refractivity contribution in [2.24, 2.45) is 4.99 Å². The summed E-state index contributed by atoms with van der Waals surface area (Å²) >= 11 is 3.37. The molecule has 0 saturated heterocycles. The van der Waals surface area contributed by atoms with Crippen LogP contribution in [0.3, 0.4) is 0 Å². The summed E-state index contributed by atoms with van der Waals surface area (Å²) in [6.45, 7) is 13.3. The molecule has 0 fully saturated rings. The Balaban J connectivity index is 0.000000437. The van der Waals surface area contributed by atoms with Crippen LogP contribution in [0.5, 0.6) is 0 Å². The summed E-state index contributed by atoms with van der Waals surface area (Å²) in [4.78, 5) is 26.4.